The molecule has 0 saturated heterocycles. The van der Waals surface area contributed by atoms with E-state index in [2.05, 4.69) is 24.0 Å². The Balaban J connectivity index is 2.06. The third kappa shape index (κ3) is 3.77. The van der Waals surface area contributed by atoms with E-state index in [1.165, 1.54) is 0 Å². The molecule has 0 aliphatic carbocycles. The lowest BCUT2D eigenvalue weighted by Gasteiger charge is -2.06. The maximum atomic E-state index is 6.16. The van der Waals surface area contributed by atoms with Gasteiger partial charge < -0.3 is 0 Å². The fourth-order valence-electron chi connectivity index (χ4n) is 2.38. The van der Waals surface area contributed by atoms with Gasteiger partial charge in [-0.15, -0.1) is 0 Å². The molecule has 0 amide bonds. The Morgan fingerprint density at radius 2 is 1.30 bits per heavy atom. The van der Waals surface area contributed by atoms with Gasteiger partial charge >= 0.3 is 0 Å². The molecule has 0 aromatic heterocycles. The van der Waals surface area contributed by atoms with E-state index < -0.39 is 0 Å². The summed E-state index contributed by atoms with van der Waals surface area (Å²) in [7, 11) is 0. The second kappa shape index (κ2) is 6.92. The molecule has 112 valence electrons. The van der Waals surface area contributed by atoms with Gasteiger partial charge in [-0.25, -0.2) is 0 Å². The second-order valence-electron chi connectivity index (χ2n) is 5.27. The molecule has 0 saturated carbocycles. The van der Waals surface area contributed by atoms with Crippen molar-refractivity contribution in [3.05, 3.63) is 93.5 Å². The molecule has 3 aromatic rings. The van der Waals surface area contributed by atoms with Crippen LogP contribution in [-0.2, 0) is 0 Å². The summed E-state index contributed by atoms with van der Waals surface area (Å²) in [5, 5.41) is 1.43. The zero-order valence-corrected chi connectivity index (χ0v) is 14.1. The lowest BCUT2D eigenvalue weighted by Crippen LogP contribution is -1.86. The lowest BCUT2D eigenvalue weighted by molar-refractivity contribution is 1.44. The summed E-state index contributed by atoms with van der Waals surface area (Å²) < 4.78 is 0. The van der Waals surface area contributed by atoms with Crippen molar-refractivity contribution in [3.8, 4) is 23.0 Å². The number of halogens is 2. The SMILES string of the molecule is Cc1cc(Cl)ccc1C#Cc1ccc(Cl)cc1-c1ccccc1. The van der Waals surface area contributed by atoms with Crippen LogP contribution in [0.3, 0.4) is 0 Å². The first kappa shape index (κ1) is 15.7. The average Bonchev–Trinajstić information content (AvgIpc) is 2.56. The third-order valence-corrected chi connectivity index (χ3v) is 4.06. The summed E-state index contributed by atoms with van der Waals surface area (Å²) in [6, 6.07) is 21.6. The van der Waals surface area contributed by atoms with Gasteiger partial charge in [-0.2, -0.15) is 0 Å². The lowest BCUT2D eigenvalue weighted by atomic mass is 9.99. The standard InChI is InChI=1S/C21H14Cl2/c1-15-13-19(22)11-9-16(15)7-8-18-10-12-20(23)14-21(18)17-5-3-2-4-6-17/h2-6,9-14H,1H3. The van der Waals surface area contributed by atoms with Crippen molar-refractivity contribution in [2.75, 3.05) is 0 Å². The maximum Gasteiger partial charge on any atom is 0.0413 e. The third-order valence-electron chi connectivity index (χ3n) is 3.59. The Kier molecular flexibility index (Phi) is 4.72. The van der Waals surface area contributed by atoms with E-state index in [1.807, 2.05) is 61.5 Å². The number of hydrogen-bond acceptors (Lipinski definition) is 0. The van der Waals surface area contributed by atoms with Crippen LogP contribution in [0.25, 0.3) is 11.1 Å². The summed E-state index contributed by atoms with van der Waals surface area (Å²) >= 11 is 12.2. The summed E-state index contributed by atoms with van der Waals surface area (Å²) in [5.41, 5.74) is 5.14. The average molecular weight is 337 g/mol. The topological polar surface area (TPSA) is 0 Å². The van der Waals surface area contributed by atoms with Gasteiger partial charge in [0.25, 0.3) is 0 Å². The molecule has 2 heteroatoms. The first-order chi connectivity index (χ1) is 11.1. The van der Waals surface area contributed by atoms with Crippen molar-refractivity contribution < 1.29 is 0 Å². The molecule has 0 unspecified atom stereocenters. The van der Waals surface area contributed by atoms with E-state index in [0.29, 0.717) is 5.02 Å². The molecule has 0 bridgehead atoms. The number of benzene rings is 3. The van der Waals surface area contributed by atoms with Crippen LogP contribution in [-0.4, -0.2) is 0 Å². The van der Waals surface area contributed by atoms with Crippen LogP contribution < -0.4 is 0 Å². The monoisotopic (exact) mass is 336 g/mol. The van der Waals surface area contributed by atoms with E-state index in [4.69, 9.17) is 23.2 Å². The highest BCUT2D eigenvalue weighted by Gasteiger charge is 2.04. The van der Waals surface area contributed by atoms with Crippen molar-refractivity contribution in [1.82, 2.24) is 0 Å². The van der Waals surface area contributed by atoms with Gasteiger partial charge in [-0.05, 0) is 60.0 Å². The van der Waals surface area contributed by atoms with Crippen LogP contribution in [0.4, 0.5) is 0 Å². The highest BCUT2D eigenvalue weighted by molar-refractivity contribution is 6.31. The quantitative estimate of drug-likeness (QED) is 0.453. The number of rotatable bonds is 1. The Labute approximate surface area is 146 Å². The van der Waals surface area contributed by atoms with Crippen molar-refractivity contribution in [2.24, 2.45) is 0 Å². The molecule has 0 N–H and O–H groups in total. The summed E-state index contributed by atoms with van der Waals surface area (Å²) in [6.45, 7) is 2.01. The number of aryl methyl sites for hydroxylation is 1. The summed E-state index contributed by atoms with van der Waals surface area (Å²) in [5.74, 6) is 6.50. The van der Waals surface area contributed by atoms with Crippen molar-refractivity contribution in [3.63, 3.8) is 0 Å². The summed E-state index contributed by atoms with van der Waals surface area (Å²) in [6.07, 6.45) is 0. The van der Waals surface area contributed by atoms with Gasteiger partial charge in [-0.1, -0.05) is 65.4 Å². The normalized spacial score (nSPS) is 10.0. The molecule has 3 aromatic carbocycles. The van der Waals surface area contributed by atoms with Crippen molar-refractivity contribution in [2.45, 2.75) is 6.92 Å². The van der Waals surface area contributed by atoms with E-state index >= 15 is 0 Å². The van der Waals surface area contributed by atoms with E-state index in [-0.39, 0.29) is 0 Å². The van der Waals surface area contributed by atoms with Crippen molar-refractivity contribution in [1.29, 1.82) is 0 Å². The van der Waals surface area contributed by atoms with E-state index in [1.54, 1.807) is 0 Å². The highest BCUT2D eigenvalue weighted by Crippen LogP contribution is 2.26. The fraction of sp³-hybridized carbons (Fsp3) is 0.0476. The zero-order valence-electron chi connectivity index (χ0n) is 12.6. The minimum absolute atomic E-state index is 0.706. The maximum absolute atomic E-state index is 6.16. The van der Waals surface area contributed by atoms with Crippen LogP contribution in [0, 0.1) is 18.8 Å². The summed E-state index contributed by atoms with van der Waals surface area (Å²) in [4.78, 5) is 0. The van der Waals surface area contributed by atoms with Gasteiger partial charge in [0.2, 0.25) is 0 Å². The molecule has 23 heavy (non-hydrogen) atoms. The van der Waals surface area contributed by atoms with Crippen LogP contribution in [0.1, 0.15) is 16.7 Å². The fourth-order valence-corrected chi connectivity index (χ4v) is 2.78. The first-order valence-corrected chi connectivity index (χ1v) is 8.02. The van der Waals surface area contributed by atoms with Crippen LogP contribution >= 0.6 is 23.2 Å². The molecule has 0 radical (unpaired) electrons. The highest BCUT2D eigenvalue weighted by atomic mass is 35.5. The molecule has 0 spiro atoms. The predicted octanol–water partition coefficient (Wildman–Crippen LogP) is 6.37. The van der Waals surface area contributed by atoms with Gasteiger partial charge in [0.1, 0.15) is 0 Å². The Hall–Kier alpha value is -2.20. The van der Waals surface area contributed by atoms with Gasteiger partial charge in [0.05, 0.1) is 0 Å². The molecular formula is C21H14Cl2. The molecule has 3 rings (SSSR count). The zero-order chi connectivity index (χ0) is 16.2. The first-order valence-electron chi connectivity index (χ1n) is 7.26. The molecule has 0 aliphatic rings. The Morgan fingerprint density at radius 1 is 0.696 bits per heavy atom. The van der Waals surface area contributed by atoms with Gasteiger partial charge in [-0.3, -0.25) is 0 Å². The molecule has 0 nitrogen and oxygen atoms in total. The Bertz CT molecular complexity index is 900. The molecule has 0 aliphatic heterocycles. The van der Waals surface area contributed by atoms with Crippen LogP contribution in [0.15, 0.2) is 66.7 Å². The number of hydrogen-bond donors (Lipinski definition) is 0. The molecule has 0 fully saturated rings. The minimum Gasteiger partial charge on any atom is -0.0843 e. The van der Waals surface area contributed by atoms with E-state index in [0.717, 1.165) is 32.8 Å². The van der Waals surface area contributed by atoms with Crippen LogP contribution in [0.2, 0.25) is 10.0 Å². The molecule has 0 heterocycles. The Morgan fingerprint density at radius 3 is 2.00 bits per heavy atom. The minimum atomic E-state index is 0.706. The van der Waals surface area contributed by atoms with Gasteiger partial charge in [0.15, 0.2) is 0 Å². The second-order valence-corrected chi connectivity index (χ2v) is 6.14. The smallest absolute Gasteiger partial charge is 0.0413 e. The van der Waals surface area contributed by atoms with Crippen LogP contribution in [0.5, 0.6) is 0 Å². The largest absolute Gasteiger partial charge is 0.0843 e. The van der Waals surface area contributed by atoms with E-state index in [9.17, 15) is 0 Å². The van der Waals surface area contributed by atoms with Gasteiger partial charge in [0, 0.05) is 21.2 Å². The molecule has 0 atom stereocenters. The molecular weight excluding hydrogens is 323 g/mol. The van der Waals surface area contributed by atoms with Crippen molar-refractivity contribution >= 4 is 23.2 Å². The predicted molar refractivity (Wildman–Crippen MR) is 99.1 cm³/mol.